The standard InChI is InChI=1S/C25H48N6O3S2Si/c1-6-11-18-35-24-26-22(28-30-24)17-13-15-21(23-27-25(31-29-23)36-19-12-7-2)16-14-20-37(32-8-3,33-9-4)34-10-5/h21H,6-20H2,1-5H3,(H,26,28,30)(H,27,29,31). The molecule has 0 amide bonds. The van der Waals surface area contributed by atoms with Crippen molar-refractivity contribution >= 4 is 32.3 Å². The van der Waals surface area contributed by atoms with Gasteiger partial charge in [-0.3, -0.25) is 10.2 Å². The maximum absolute atomic E-state index is 6.07. The third-order valence-corrected chi connectivity index (χ3v) is 11.0. The Hall–Kier alpha value is -0.923. The van der Waals surface area contributed by atoms with Crippen LogP contribution in [0, 0.1) is 0 Å². The van der Waals surface area contributed by atoms with Crippen molar-refractivity contribution in [3.05, 3.63) is 11.6 Å². The fourth-order valence-electron chi connectivity index (χ4n) is 4.06. The van der Waals surface area contributed by atoms with E-state index in [9.17, 15) is 0 Å². The lowest BCUT2D eigenvalue weighted by atomic mass is 9.96. The van der Waals surface area contributed by atoms with E-state index < -0.39 is 8.80 Å². The smallest absolute Gasteiger partial charge is 0.374 e. The molecule has 0 aliphatic heterocycles. The van der Waals surface area contributed by atoms with Crippen molar-refractivity contribution in [1.82, 2.24) is 30.4 Å². The molecule has 37 heavy (non-hydrogen) atoms. The molecule has 0 spiro atoms. The molecule has 12 heteroatoms. The van der Waals surface area contributed by atoms with Crippen molar-refractivity contribution in [3.63, 3.8) is 0 Å². The molecule has 2 aromatic rings. The minimum atomic E-state index is -2.65. The van der Waals surface area contributed by atoms with E-state index in [0.717, 1.165) is 71.6 Å². The summed E-state index contributed by atoms with van der Waals surface area (Å²) < 4.78 is 18.2. The zero-order chi connectivity index (χ0) is 26.8. The molecule has 1 unspecified atom stereocenters. The van der Waals surface area contributed by atoms with E-state index >= 15 is 0 Å². The molecule has 0 radical (unpaired) electrons. The summed E-state index contributed by atoms with van der Waals surface area (Å²) >= 11 is 3.50. The van der Waals surface area contributed by atoms with Gasteiger partial charge in [-0.05, 0) is 59.3 Å². The van der Waals surface area contributed by atoms with Gasteiger partial charge >= 0.3 is 8.80 Å². The molecule has 0 fully saturated rings. The molecule has 2 aromatic heterocycles. The van der Waals surface area contributed by atoms with Gasteiger partial charge in [0, 0.05) is 49.7 Å². The monoisotopic (exact) mass is 572 g/mol. The number of aromatic amines is 2. The van der Waals surface area contributed by atoms with Crippen molar-refractivity contribution in [2.45, 2.75) is 115 Å². The van der Waals surface area contributed by atoms with Crippen molar-refractivity contribution in [2.24, 2.45) is 0 Å². The maximum atomic E-state index is 6.07. The second-order valence-electron chi connectivity index (χ2n) is 8.92. The first-order chi connectivity index (χ1) is 18.1. The molecule has 9 nitrogen and oxygen atoms in total. The van der Waals surface area contributed by atoms with E-state index in [4.69, 9.17) is 18.3 Å². The SMILES string of the molecule is CCCCSc1nc(CCCC(CCC[Si](OCC)(OCC)OCC)c2n[nH]c(SCCCC)n2)n[nH]1. The van der Waals surface area contributed by atoms with Gasteiger partial charge in [0.2, 0.25) is 0 Å². The number of nitrogens with one attached hydrogen (secondary N) is 2. The fourth-order valence-corrected chi connectivity index (χ4v) is 8.50. The molecular formula is C25H48N6O3S2Si. The summed E-state index contributed by atoms with van der Waals surface area (Å²) in [6.45, 7) is 12.2. The van der Waals surface area contributed by atoms with Crippen LogP contribution in [0.15, 0.2) is 10.3 Å². The van der Waals surface area contributed by atoms with Gasteiger partial charge in [-0.1, -0.05) is 50.2 Å². The number of nitrogens with zero attached hydrogens (tertiary/aromatic N) is 4. The Labute approximate surface area is 233 Å². The molecule has 2 heterocycles. The first-order valence-electron chi connectivity index (χ1n) is 14.1. The number of hydrogen-bond donors (Lipinski definition) is 2. The van der Waals surface area contributed by atoms with Crippen molar-refractivity contribution in [2.75, 3.05) is 31.3 Å². The number of aryl methyl sites for hydroxylation is 1. The van der Waals surface area contributed by atoms with Gasteiger partial charge in [-0.2, -0.15) is 10.2 Å². The molecule has 0 aliphatic carbocycles. The Morgan fingerprint density at radius 2 is 1.30 bits per heavy atom. The molecule has 0 bridgehead atoms. The number of unbranched alkanes of at least 4 members (excludes halogenated alkanes) is 2. The van der Waals surface area contributed by atoms with E-state index in [1.165, 1.54) is 25.7 Å². The second kappa shape index (κ2) is 19.2. The zero-order valence-electron chi connectivity index (χ0n) is 23.5. The lowest BCUT2D eigenvalue weighted by molar-refractivity contribution is 0.0705. The summed E-state index contributed by atoms with van der Waals surface area (Å²) in [7, 11) is -2.65. The maximum Gasteiger partial charge on any atom is 0.500 e. The van der Waals surface area contributed by atoms with Crippen LogP contribution < -0.4 is 0 Å². The summed E-state index contributed by atoms with van der Waals surface area (Å²) in [4.78, 5) is 9.52. The van der Waals surface area contributed by atoms with Crippen molar-refractivity contribution < 1.29 is 13.3 Å². The van der Waals surface area contributed by atoms with Crippen molar-refractivity contribution in [3.8, 4) is 0 Å². The lowest BCUT2D eigenvalue weighted by Crippen LogP contribution is -2.45. The average molecular weight is 573 g/mol. The molecule has 0 aromatic carbocycles. The predicted molar refractivity (Wildman–Crippen MR) is 154 cm³/mol. The quantitative estimate of drug-likeness (QED) is 0.0859. The minimum Gasteiger partial charge on any atom is -0.374 e. The third-order valence-electron chi connectivity index (χ3n) is 5.91. The van der Waals surface area contributed by atoms with Crippen LogP contribution in [0.5, 0.6) is 0 Å². The zero-order valence-corrected chi connectivity index (χ0v) is 26.1. The Balaban J connectivity index is 1.99. The molecule has 2 N–H and O–H groups in total. The van der Waals surface area contributed by atoms with Crippen molar-refractivity contribution in [1.29, 1.82) is 0 Å². The lowest BCUT2D eigenvalue weighted by Gasteiger charge is -2.28. The third kappa shape index (κ3) is 12.2. The normalized spacial score (nSPS) is 12.9. The number of aromatic nitrogens is 6. The number of H-pyrrole nitrogens is 2. The fraction of sp³-hybridized carbons (Fsp3) is 0.840. The predicted octanol–water partition coefficient (Wildman–Crippen LogP) is 6.64. The van der Waals surface area contributed by atoms with Crippen LogP contribution >= 0.6 is 23.5 Å². The molecule has 0 saturated carbocycles. The second-order valence-corrected chi connectivity index (χ2v) is 13.8. The first kappa shape index (κ1) is 32.3. The summed E-state index contributed by atoms with van der Waals surface area (Å²) in [5, 5.41) is 17.1. The summed E-state index contributed by atoms with van der Waals surface area (Å²) in [5.41, 5.74) is 0. The van der Waals surface area contributed by atoms with Crippen LogP contribution in [0.2, 0.25) is 6.04 Å². The Morgan fingerprint density at radius 3 is 1.89 bits per heavy atom. The van der Waals surface area contributed by atoms with Crippen LogP contribution in [-0.2, 0) is 19.7 Å². The Morgan fingerprint density at radius 1 is 0.730 bits per heavy atom. The van der Waals surface area contributed by atoms with Crippen LogP contribution in [0.3, 0.4) is 0 Å². The van der Waals surface area contributed by atoms with E-state index in [-0.39, 0.29) is 5.92 Å². The van der Waals surface area contributed by atoms with Gasteiger partial charge in [-0.25, -0.2) is 9.97 Å². The molecule has 2 rings (SSSR count). The summed E-state index contributed by atoms with van der Waals surface area (Å²) in [5.74, 6) is 4.18. The minimum absolute atomic E-state index is 0.255. The van der Waals surface area contributed by atoms with E-state index in [1.54, 1.807) is 23.5 Å². The summed E-state index contributed by atoms with van der Waals surface area (Å²) in [6.07, 6.45) is 9.47. The van der Waals surface area contributed by atoms with Gasteiger partial charge in [0.1, 0.15) is 0 Å². The molecular weight excluding hydrogens is 525 g/mol. The van der Waals surface area contributed by atoms with Crippen LogP contribution in [0.4, 0.5) is 0 Å². The molecule has 212 valence electrons. The topological polar surface area (TPSA) is 111 Å². The Bertz CT molecular complexity index is 824. The number of rotatable bonds is 23. The van der Waals surface area contributed by atoms with Gasteiger partial charge in [0.25, 0.3) is 0 Å². The number of thioether (sulfide) groups is 2. The van der Waals surface area contributed by atoms with Crippen LogP contribution in [0.25, 0.3) is 0 Å². The highest BCUT2D eigenvalue weighted by molar-refractivity contribution is 7.99. The van der Waals surface area contributed by atoms with Gasteiger partial charge < -0.3 is 13.3 Å². The van der Waals surface area contributed by atoms with Gasteiger partial charge in [0.05, 0.1) is 0 Å². The van der Waals surface area contributed by atoms with Crippen LogP contribution in [0.1, 0.15) is 104 Å². The molecule has 1 atom stereocenters. The molecule has 0 saturated heterocycles. The van der Waals surface area contributed by atoms with E-state index in [2.05, 4.69) is 39.2 Å². The highest BCUT2D eigenvalue weighted by Crippen LogP contribution is 2.29. The largest absolute Gasteiger partial charge is 0.500 e. The van der Waals surface area contributed by atoms with E-state index in [1.807, 2.05) is 20.8 Å². The highest BCUT2D eigenvalue weighted by Gasteiger charge is 2.40. The van der Waals surface area contributed by atoms with Gasteiger partial charge in [-0.15, -0.1) is 0 Å². The first-order valence-corrected chi connectivity index (χ1v) is 18.0. The Kier molecular flexibility index (Phi) is 16.7. The highest BCUT2D eigenvalue weighted by atomic mass is 32.2. The summed E-state index contributed by atoms with van der Waals surface area (Å²) in [6, 6.07) is 0.806. The average Bonchev–Trinajstić information content (AvgIpc) is 3.54. The molecule has 0 aliphatic rings. The number of hydrogen-bond acceptors (Lipinski definition) is 9. The van der Waals surface area contributed by atoms with Gasteiger partial charge in [0.15, 0.2) is 22.0 Å². The van der Waals surface area contributed by atoms with E-state index in [0.29, 0.717) is 19.8 Å². The van der Waals surface area contributed by atoms with Crippen LogP contribution in [-0.4, -0.2) is 70.5 Å².